The Morgan fingerprint density at radius 2 is 2.12 bits per heavy atom. The van der Waals surface area contributed by atoms with Gasteiger partial charge in [-0.2, -0.15) is 0 Å². The molecular weight excluding hydrogens is 210 g/mol. The van der Waals surface area contributed by atoms with Crippen LogP contribution in [0, 0.1) is 0 Å². The van der Waals surface area contributed by atoms with E-state index in [-0.39, 0.29) is 12.3 Å². The van der Waals surface area contributed by atoms with Crippen molar-refractivity contribution >= 4 is 11.7 Å². The highest BCUT2D eigenvalue weighted by molar-refractivity contribution is 6.43. The van der Waals surface area contributed by atoms with Crippen LogP contribution in [0.1, 0.15) is 12.5 Å². The predicted molar refractivity (Wildman–Crippen MR) is 58.0 cm³/mol. The monoisotopic (exact) mass is 223 g/mol. The van der Waals surface area contributed by atoms with Gasteiger partial charge in [0.1, 0.15) is 5.75 Å². The van der Waals surface area contributed by atoms with Crippen LogP contribution in [0.2, 0.25) is 0 Å². The molecule has 0 unspecified atom stereocenters. The number of benzene rings is 1. The van der Waals surface area contributed by atoms with Crippen molar-refractivity contribution < 1.29 is 19.5 Å². The minimum Gasteiger partial charge on any atom is -0.496 e. The second-order valence-electron chi connectivity index (χ2n) is 2.87. The smallest absolute Gasteiger partial charge is 0.361 e. The summed E-state index contributed by atoms with van der Waals surface area (Å²) in [6.07, 6.45) is 0. The van der Waals surface area contributed by atoms with Crippen LogP contribution in [0.4, 0.5) is 0 Å². The molecule has 0 amide bonds. The van der Waals surface area contributed by atoms with Crippen molar-refractivity contribution in [3.63, 3.8) is 0 Å². The van der Waals surface area contributed by atoms with E-state index in [9.17, 15) is 4.79 Å². The van der Waals surface area contributed by atoms with Crippen molar-refractivity contribution in [2.24, 2.45) is 5.16 Å². The number of carbonyl (C=O) groups excluding carboxylic acids is 1. The summed E-state index contributed by atoms with van der Waals surface area (Å²) in [5.74, 6) is -0.238. The summed E-state index contributed by atoms with van der Waals surface area (Å²) in [5, 5.41) is 11.8. The van der Waals surface area contributed by atoms with E-state index in [4.69, 9.17) is 14.7 Å². The quantitative estimate of drug-likeness (QED) is 0.363. The van der Waals surface area contributed by atoms with Crippen LogP contribution < -0.4 is 4.74 Å². The highest BCUT2D eigenvalue weighted by Gasteiger charge is 2.19. The lowest BCUT2D eigenvalue weighted by molar-refractivity contribution is -0.135. The molecule has 0 fully saturated rings. The maximum atomic E-state index is 11.5. The Balaban J connectivity index is 3.09. The molecule has 1 N–H and O–H groups in total. The minimum atomic E-state index is -0.686. The first-order valence-electron chi connectivity index (χ1n) is 4.77. The number of carbonyl (C=O) groups is 1. The molecular formula is C11H13NO4. The minimum absolute atomic E-state index is 0.167. The largest absolute Gasteiger partial charge is 0.496 e. The number of esters is 1. The average Bonchev–Trinajstić information content (AvgIpc) is 2.31. The summed E-state index contributed by atoms with van der Waals surface area (Å²) in [5.41, 5.74) is 0.227. The van der Waals surface area contributed by atoms with E-state index in [1.54, 1.807) is 31.2 Å². The van der Waals surface area contributed by atoms with Gasteiger partial charge >= 0.3 is 5.97 Å². The SMILES string of the molecule is CCOC(=O)C(=NO)c1ccccc1OC. The number of rotatable bonds is 4. The molecule has 16 heavy (non-hydrogen) atoms. The summed E-state index contributed by atoms with van der Waals surface area (Å²) in [7, 11) is 1.47. The lowest BCUT2D eigenvalue weighted by atomic mass is 10.1. The Bertz CT molecular complexity index is 401. The second kappa shape index (κ2) is 5.75. The van der Waals surface area contributed by atoms with Crippen molar-refractivity contribution in [2.45, 2.75) is 6.92 Å². The molecule has 1 aromatic rings. The van der Waals surface area contributed by atoms with Crippen LogP contribution in [0.25, 0.3) is 0 Å². The molecule has 0 bridgehead atoms. The molecule has 0 spiro atoms. The van der Waals surface area contributed by atoms with Gasteiger partial charge in [0.2, 0.25) is 0 Å². The first-order valence-corrected chi connectivity index (χ1v) is 4.77. The van der Waals surface area contributed by atoms with Crippen molar-refractivity contribution in [1.82, 2.24) is 0 Å². The van der Waals surface area contributed by atoms with Gasteiger partial charge in [0.05, 0.1) is 19.3 Å². The highest BCUT2D eigenvalue weighted by Crippen LogP contribution is 2.18. The number of hydrogen-bond acceptors (Lipinski definition) is 5. The maximum absolute atomic E-state index is 11.5. The normalized spacial score (nSPS) is 11.0. The van der Waals surface area contributed by atoms with E-state index in [0.29, 0.717) is 11.3 Å². The van der Waals surface area contributed by atoms with Crippen molar-refractivity contribution in [1.29, 1.82) is 0 Å². The molecule has 1 rings (SSSR count). The second-order valence-corrected chi connectivity index (χ2v) is 2.87. The van der Waals surface area contributed by atoms with E-state index in [1.807, 2.05) is 0 Å². The average molecular weight is 223 g/mol. The summed E-state index contributed by atoms with van der Waals surface area (Å²) in [4.78, 5) is 11.5. The van der Waals surface area contributed by atoms with Crippen LogP contribution in [0.5, 0.6) is 5.75 Å². The highest BCUT2D eigenvalue weighted by atomic mass is 16.5. The third kappa shape index (κ3) is 2.50. The molecule has 0 saturated heterocycles. The summed E-state index contributed by atoms with van der Waals surface area (Å²) in [6, 6.07) is 6.75. The molecule has 86 valence electrons. The van der Waals surface area contributed by atoms with Crippen LogP contribution in [-0.2, 0) is 9.53 Å². The van der Waals surface area contributed by atoms with Gasteiger partial charge in [0, 0.05) is 0 Å². The molecule has 0 heterocycles. The molecule has 0 radical (unpaired) electrons. The van der Waals surface area contributed by atoms with Gasteiger partial charge in [-0.25, -0.2) is 4.79 Å². The number of oxime groups is 1. The Hall–Kier alpha value is -2.04. The summed E-state index contributed by atoms with van der Waals surface area (Å²) >= 11 is 0. The fraction of sp³-hybridized carbons (Fsp3) is 0.273. The molecule has 0 aliphatic rings. The Morgan fingerprint density at radius 3 is 2.69 bits per heavy atom. The number of hydrogen-bond donors (Lipinski definition) is 1. The van der Waals surface area contributed by atoms with E-state index in [2.05, 4.69) is 5.16 Å². The zero-order valence-corrected chi connectivity index (χ0v) is 9.14. The van der Waals surface area contributed by atoms with Crippen molar-refractivity contribution in [3.8, 4) is 5.75 Å². The molecule has 1 aromatic carbocycles. The molecule has 5 nitrogen and oxygen atoms in total. The lowest BCUT2D eigenvalue weighted by Gasteiger charge is -2.08. The van der Waals surface area contributed by atoms with Gasteiger partial charge in [-0.05, 0) is 19.1 Å². The number of nitrogens with zero attached hydrogens (tertiary/aromatic N) is 1. The zero-order chi connectivity index (χ0) is 12.0. The van der Waals surface area contributed by atoms with E-state index in [0.717, 1.165) is 0 Å². The van der Waals surface area contributed by atoms with Gasteiger partial charge in [-0.1, -0.05) is 17.3 Å². The molecule has 0 aliphatic carbocycles. The zero-order valence-electron chi connectivity index (χ0n) is 9.14. The Labute approximate surface area is 93.3 Å². The first-order chi connectivity index (χ1) is 7.74. The van der Waals surface area contributed by atoms with Gasteiger partial charge < -0.3 is 14.7 Å². The van der Waals surface area contributed by atoms with Gasteiger partial charge in [-0.3, -0.25) is 0 Å². The summed E-state index contributed by atoms with van der Waals surface area (Å²) < 4.78 is 9.82. The molecule has 0 saturated carbocycles. The Morgan fingerprint density at radius 1 is 1.44 bits per heavy atom. The van der Waals surface area contributed by atoms with Gasteiger partial charge in [0.15, 0.2) is 5.71 Å². The van der Waals surface area contributed by atoms with Gasteiger partial charge in [0.25, 0.3) is 0 Å². The fourth-order valence-electron chi connectivity index (χ4n) is 1.24. The first kappa shape index (κ1) is 12.0. The number of methoxy groups -OCH3 is 1. The van der Waals surface area contributed by atoms with E-state index < -0.39 is 5.97 Å². The van der Waals surface area contributed by atoms with Gasteiger partial charge in [-0.15, -0.1) is 0 Å². The van der Waals surface area contributed by atoms with E-state index >= 15 is 0 Å². The lowest BCUT2D eigenvalue weighted by Crippen LogP contribution is -2.19. The van der Waals surface area contributed by atoms with E-state index in [1.165, 1.54) is 7.11 Å². The van der Waals surface area contributed by atoms with Crippen LogP contribution >= 0.6 is 0 Å². The van der Waals surface area contributed by atoms with Crippen LogP contribution in [0.15, 0.2) is 29.4 Å². The third-order valence-corrected chi connectivity index (χ3v) is 1.93. The summed E-state index contributed by atoms with van der Waals surface area (Å²) in [6.45, 7) is 1.89. The predicted octanol–water partition coefficient (Wildman–Crippen LogP) is 1.44. The standard InChI is InChI=1S/C11H13NO4/c1-3-16-11(13)10(12-14)8-6-4-5-7-9(8)15-2/h4-7,14H,3H2,1-2H3. The Kier molecular flexibility index (Phi) is 4.32. The number of para-hydroxylation sites is 1. The molecule has 0 aromatic heterocycles. The topological polar surface area (TPSA) is 68.1 Å². The third-order valence-electron chi connectivity index (χ3n) is 1.93. The number of ether oxygens (including phenoxy) is 2. The molecule has 0 aliphatic heterocycles. The van der Waals surface area contributed by atoms with Crippen LogP contribution in [0.3, 0.4) is 0 Å². The molecule has 0 atom stereocenters. The molecule has 5 heteroatoms. The van der Waals surface area contributed by atoms with Crippen LogP contribution in [-0.4, -0.2) is 30.6 Å². The van der Waals surface area contributed by atoms with Crippen molar-refractivity contribution in [3.05, 3.63) is 29.8 Å². The maximum Gasteiger partial charge on any atom is 0.361 e. The van der Waals surface area contributed by atoms with Crippen molar-refractivity contribution in [2.75, 3.05) is 13.7 Å². The fourth-order valence-corrected chi connectivity index (χ4v) is 1.24.